The van der Waals surface area contributed by atoms with Crippen LogP contribution in [0.4, 0.5) is 11.9 Å². The molecule has 4 rings (SSSR count). The molecule has 1 saturated carbocycles. The number of nitrogens with zero attached hydrogens (tertiary/aromatic N) is 6. The van der Waals surface area contributed by atoms with Crippen molar-refractivity contribution in [1.82, 2.24) is 29.6 Å². The van der Waals surface area contributed by atoms with Crippen LogP contribution in [0.1, 0.15) is 31.4 Å². The molecule has 29 heavy (non-hydrogen) atoms. The van der Waals surface area contributed by atoms with E-state index in [9.17, 15) is 8.42 Å². The van der Waals surface area contributed by atoms with Gasteiger partial charge in [-0.15, -0.1) is 0 Å². The van der Waals surface area contributed by atoms with Gasteiger partial charge in [0.2, 0.25) is 21.9 Å². The Balaban J connectivity index is 1.48. The minimum absolute atomic E-state index is 0.0493. The molecule has 0 spiro atoms. The molecule has 0 unspecified atom stereocenters. The van der Waals surface area contributed by atoms with E-state index in [0.717, 1.165) is 38.8 Å². The molecular weight excluding hydrogens is 394 g/mol. The predicted octanol–water partition coefficient (Wildman–Crippen LogP) is -0.322. The lowest BCUT2D eigenvalue weighted by Crippen LogP contribution is -2.57. The molecule has 2 fully saturated rings. The summed E-state index contributed by atoms with van der Waals surface area (Å²) in [7, 11) is -1.46. The molecule has 12 heteroatoms. The summed E-state index contributed by atoms with van der Waals surface area (Å²) in [5, 5.41) is 19.6. The molecule has 0 radical (unpaired) electrons. The van der Waals surface area contributed by atoms with Crippen LogP contribution in [-0.2, 0) is 10.0 Å². The Bertz CT molecular complexity index is 1020. The molecule has 11 nitrogen and oxygen atoms in total. The summed E-state index contributed by atoms with van der Waals surface area (Å²) in [6, 6.07) is 4.02. The van der Waals surface area contributed by atoms with Crippen molar-refractivity contribution in [2.45, 2.75) is 37.8 Å². The number of nitriles is 1. The van der Waals surface area contributed by atoms with Crippen LogP contribution in [0.25, 0.3) is 5.65 Å². The number of aromatic nitrogens is 4. The van der Waals surface area contributed by atoms with Crippen molar-refractivity contribution in [3.63, 3.8) is 0 Å². The van der Waals surface area contributed by atoms with Crippen molar-refractivity contribution in [3.05, 3.63) is 11.8 Å². The van der Waals surface area contributed by atoms with Crippen molar-refractivity contribution in [1.29, 1.82) is 5.26 Å². The molecule has 1 aliphatic carbocycles. The molecule has 2 aliphatic rings. The van der Waals surface area contributed by atoms with Gasteiger partial charge in [-0.25, -0.2) is 13.1 Å². The molecule has 0 amide bonds. The maximum absolute atomic E-state index is 12.3. The van der Waals surface area contributed by atoms with Crippen LogP contribution >= 0.6 is 0 Å². The van der Waals surface area contributed by atoms with Gasteiger partial charge >= 0.3 is 0 Å². The quantitative estimate of drug-likeness (QED) is 0.525. The fourth-order valence-electron chi connectivity index (χ4n) is 3.66. The number of sulfonamides is 1. The van der Waals surface area contributed by atoms with E-state index < -0.39 is 10.0 Å². The minimum Gasteiger partial charge on any atom is -0.353 e. The van der Waals surface area contributed by atoms with E-state index in [1.54, 1.807) is 6.07 Å². The van der Waals surface area contributed by atoms with Gasteiger partial charge in [0.25, 0.3) is 0 Å². The highest BCUT2D eigenvalue weighted by atomic mass is 32.2. The number of hydrogen-bond donors (Lipinski definition) is 3. The Labute approximate surface area is 169 Å². The SMILES string of the molecule is CNC1CN(c2nc(NCCS(=O)(=O)NC3CCCC3)n3nc(C#N)cc3n2)C1. The normalized spacial score (nSPS) is 18.1. The summed E-state index contributed by atoms with van der Waals surface area (Å²) in [5.74, 6) is 0.834. The Morgan fingerprint density at radius 2 is 2.00 bits per heavy atom. The largest absolute Gasteiger partial charge is 0.353 e. The summed E-state index contributed by atoms with van der Waals surface area (Å²) < 4.78 is 28.9. The standard InChI is InChI=1S/C17H25N9O2S/c1-19-14-10-25(11-14)17-21-15-8-13(9-18)23-26(15)16(22-17)20-6-7-29(27,28)24-12-4-2-3-5-12/h8,12,14,19,24H,2-7,10-11H2,1H3,(H,20,21,22). The Morgan fingerprint density at radius 3 is 2.69 bits per heavy atom. The molecule has 1 aliphatic heterocycles. The average Bonchev–Trinajstić information content (AvgIpc) is 3.29. The van der Waals surface area contributed by atoms with Gasteiger partial charge in [-0.05, 0) is 19.9 Å². The zero-order valence-electron chi connectivity index (χ0n) is 16.3. The van der Waals surface area contributed by atoms with E-state index >= 15 is 0 Å². The van der Waals surface area contributed by atoms with Gasteiger partial charge in [0.05, 0.1) is 5.75 Å². The monoisotopic (exact) mass is 419 g/mol. The van der Waals surface area contributed by atoms with Gasteiger partial charge in [-0.1, -0.05) is 12.8 Å². The topological polar surface area (TPSA) is 140 Å². The number of fused-ring (bicyclic) bond motifs is 1. The fourth-order valence-corrected chi connectivity index (χ4v) is 4.90. The molecule has 2 aromatic rings. The molecular formula is C17H25N9O2S. The first kappa shape index (κ1) is 19.8. The van der Waals surface area contributed by atoms with Crippen molar-refractivity contribution in [2.75, 3.05) is 42.7 Å². The highest BCUT2D eigenvalue weighted by Gasteiger charge is 2.28. The van der Waals surface area contributed by atoms with Crippen molar-refractivity contribution < 1.29 is 8.42 Å². The maximum Gasteiger partial charge on any atom is 0.230 e. The lowest BCUT2D eigenvalue weighted by Gasteiger charge is -2.39. The van der Waals surface area contributed by atoms with Crippen LogP contribution < -0.4 is 20.3 Å². The third-order valence-electron chi connectivity index (χ3n) is 5.35. The Morgan fingerprint density at radius 1 is 1.24 bits per heavy atom. The minimum atomic E-state index is -3.38. The summed E-state index contributed by atoms with van der Waals surface area (Å²) >= 11 is 0. The first-order valence-corrected chi connectivity index (χ1v) is 11.5. The van der Waals surface area contributed by atoms with E-state index in [4.69, 9.17) is 5.26 Å². The van der Waals surface area contributed by atoms with Gasteiger partial charge in [0.15, 0.2) is 11.3 Å². The van der Waals surface area contributed by atoms with Crippen LogP contribution in [-0.4, -0.2) is 72.5 Å². The second-order valence-corrected chi connectivity index (χ2v) is 9.37. The smallest absolute Gasteiger partial charge is 0.230 e. The number of rotatable bonds is 8. The fraction of sp³-hybridized carbons (Fsp3) is 0.647. The lowest BCUT2D eigenvalue weighted by atomic mass is 10.1. The number of likely N-dealkylation sites (N-methyl/N-ethyl adjacent to an activating group) is 1. The van der Waals surface area contributed by atoms with E-state index in [1.165, 1.54) is 4.52 Å². The third kappa shape index (κ3) is 4.42. The van der Waals surface area contributed by atoms with E-state index in [0.29, 0.717) is 23.6 Å². The first-order chi connectivity index (χ1) is 14.0. The van der Waals surface area contributed by atoms with E-state index in [2.05, 4.69) is 30.4 Å². The van der Waals surface area contributed by atoms with Crippen LogP contribution in [0.2, 0.25) is 0 Å². The molecule has 0 bridgehead atoms. The van der Waals surface area contributed by atoms with Crippen molar-refractivity contribution in [2.24, 2.45) is 0 Å². The lowest BCUT2D eigenvalue weighted by molar-refractivity contribution is 0.443. The third-order valence-corrected chi connectivity index (χ3v) is 6.79. The maximum atomic E-state index is 12.3. The van der Waals surface area contributed by atoms with Crippen LogP contribution in [0.3, 0.4) is 0 Å². The molecule has 2 aromatic heterocycles. The molecule has 3 N–H and O–H groups in total. The molecule has 1 saturated heterocycles. The predicted molar refractivity (Wildman–Crippen MR) is 108 cm³/mol. The zero-order valence-corrected chi connectivity index (χ0v) is 17.1. The highest BCUT2D eigenvalue weighted by molar-refractivity contribution is 7.89. The van der Waals surface area contributed by atoms with Gasteiger partial charge in [-0.2, -0.15) is 24.8 Å². The Hall–Kier alpha value is -2.49. The first-order valence-electron chi connectivity index (χ1n) is 9.81. The molecule has 0 aromatic carbocycles. The van der Waals surface area contributed by atoms with Crippen LogP contribution in [0.15, 0.2) is 6.07 Å². The number of nitrogens with one attached hydrogen (secondary N) is 3. The number of anilines is 2. The van der Waals surface area contributed by atoms with Gasteiger partial charge < -0.3 is 15.5 Å². The van der Waals surface area contributed by atoms with E-state index in [1.807, 2.05) is 18.0 Å². The Kier molecular flexibility index (Phi) is 5.53. The summed E-state index contributed by atoms with van der Waals surface area (Å²) in [6.45, 7) is 1.74. The van der Waals surface area contributed by atoms with Crippen molar-refractivity contribution in [3.8, 4) is 6.07 Å². The van der Waals surface area contributed by atoms with Crippen molar-refractivity contribution >= 4 is 27.6 Å². The zero-order chi connectivity index (χ0) is 20.4. The second-order valence-electron chi connectivity index (χ2n) is 7.49. The molecule has 156 valence electrons. The summed E-state index contributed by atoms with van der Waals surface area (Å²) in [4.78, 5) is 11.0. The molecule has 0 atom stereocenters. The summed E-state index contributed by atoms with van der Waals surface area (Å²) in [5.41, 5.74) is 0.723. The van der Waals surface area contributed by atoms with Crippen LogP contribution in [0, 0.1) is 11.3 Å². The highest BCUT2D eigenvalue weighted by Crippen LogP contribution is 2.21. The number of hydrogen-bond acceptors (Lipinski definition) is 9. The summed E-state index contributed by atoms with van der Waals surface area (Å²) in [6.07, 6.45) is 3.93. The van der Waals surface area contributed by atoms with Gasteiger partial charge in [0.1, 0.15) is 6.07 Å². The van der Waals surface area contributed by atoms with Gasteiger partial charge in [0, 0.05) is 37.8 Å². The second kappa shape index (κ2) is 8.10. The van der Waals surface area contributed by atoms with Gasteiger partial charge in [-0.3, -0.25) is 0 Å². The van der Waals surface area contributed by atoms with E-state index in [-0.39, 0.29) is 24.0 Å². The molecule has 3 heterocycles. The average molecular weight is 420 g/mol. The van der Waals surface area contributed by atoms with Crippen LogP contribution in [0.5, 0.6) is 0 Å².